The van der Waals surface area contributed by atoms with Gasteiger partial charge in [0.15, 0.2) is 5.03 Å². The predicted molar refractivity (Wildman–Crippen MR) is 144 cm³/mol. The van der Waals surface area contributed by atoms with Crippen molar-refractivity contribution in [1.29, 1.82) is 0 Å². The number of ketones is 1. The Morgan fingerprint density at radius 1 is 0.921 bits per heavy atom. The van der Waals surface area contributed by atoms with E-state index >= 15 is 0 Å². The molecule has 8 nitrogen and oxygen atoms in total. The van der Waals surface area contributed by atoms with Gasteiger partial charge in [-0.15, -0.1) is 0 Å². The van der Waals surface area contributed by atoms with Crippen LogP contribution in [0.15, 0.2) is 47.5 Å². The van der Waals surface area contributed by atoms with Gasteiger partial charge in [-0.25, -0.2) is 14.7 Å². The molecule has 0 bridgehead atoms. The van der Waals surface area contributed by atoms with Gasteiger partial charge in [-0.3, -0.25) is 9.59 Å². The molecule has 1 N–H and O–H groups in total. The average molecular weight is 536 g/mol. The molecule has 1 saturated carbocycles. The molecule has 0 aliphatic heterocycles. The van der Waals surface area contributed by atoms with Crippen LogP contribution in [0.25, 0.3) is 0 Å². The number of benzene rings is 1. The molecule has 2 aromatic heterocycles. The third-order valence-corrected chi connectivity index (χ3v) is 8.25. The second-order valence-electron chi connectivity index (χ2n) is 10.1. The van der Waals surface area contributed by atoms with Crippen molar-refractivity contribution in [3.63, 3.8) is 0 Å². The van der Waals surface area contributed by atoms with Gasteiger partial charge in [0, 0.05) is 23.2 Å². The smallest absolute Gasteiger partial charge is 0.281 e. The van der Waals surface area contributed by atoms with Gasteiger partial charge in [0.2, 0.25) is 5.88 Å². The molecular formula is C29H33N3O5S. The Labute approximate surface area is 223 Å². The SMILES string of the molecule is CC(=O)C1CCC(c2ccc(C(=O)NS(=O)(=O)c3cccc(C)n3)c(Oc3c(C)cc(C)cc3C)n2)CC1. The molecule has 4 rings (SSSR count). The lowest BCUT2D eigenvalue weighted by atomic mass is 9.79. The molecule has 0 atom stereocenters. The summed E-state index contributed by atoms with van der Waals surface area (Å²) in [6, 6.07) is 11.8. The number of nitrogens with one attached hydrogen (secondary N) is 1. The van der Waals surface area contributed by atoms with Crippen molar-refractivity contribution in [1.82, 2.24) is 14.7 Å². The Bertz CT molecular complexity index is 1470. The van der Waals surface area contributed by atoms with Gasteiger partial charge in [0.05, 0.1) is 0 Å². The van der Waals surface area contributed by atoms with Crippen LogP contribution in [-0.2, 0) is 14.8 Å². The highest BCUT2D eigenvalue weighted by molar-refractivity contribution is 7.90. The number of carbonyl (C=O) groups is 2. The standard InChI is InChI=1S/C29H33N3O5S/c1-17-15-18(2)27(19(3)16-17)37-29-24(28(34)32-38(35,36)26-8-6-7-20(4)30-26)13-14-25(31-29)23-11-9-22(10-12-23)21(5)33/h6-8,13-16,22-23H,9-12H2,1-5H3,(H,32,34). The maximum atomic E-state index is 13.3. The Balaban J connectivity index is 1.69. The van der Waals surface area contributed by atoms with Crippen molar-refractivity contribution in [2.24, 2.45) is 5.92 Å². The normalized spacial score (nSPS) is 17.6. The number of ether oxygens (including phenoxy) is 1. The maximum Gasteiger partial charge on any atom is 0.281 e. The topological polar surface area (TPSA) is 115 Å². The third kappa shape index (κ3) is 6.10. The van der Waals surface area contributed by atoms with Gasteiger partial charge >= 0.3 is 0 Å². The number of hydrogen-bond acceptors (Lipinski definition) is 7. The summed E-state index contributed by atoms with van der Waals surface area (Å²) in [6.07, 6.45) is 3.19. The van der Waals surface area contributed by atoms with Gasteiger partial charge < -0.3 is 4.74 Å². The molecule has 1 fully saturated rings. The molecule has 0 saturated heterocycles. The summed E-state index contributed by atoms with van der Waals surface area (Å²) in [5.74, 6) is 0.150. The number of sulfonamides is 1. The van der Waals surface area contributed by atoms with Gasteiger partial charge in [0.1, 0.15) is 17.1 Å². The molecule has 0 unspecified atom stereocenters. The lowest BCUT2D eigenvalue weighted by molar-refractivity contribution is -0.121. The van der Waals surface area contributed by atoms with Gasteiger partial charge in [-0.05, 0) is 95.7 Å². The van der Waals surface area contributed by atoms with E-state index in [4.69, 9.17) is 9.72 Å². The molecule has 1 aliphatic carbocycles. The van der Waals surface area contributed by atoms with E-state index < -0.39 is 15.9 Å². The van der Waals surface area contributed by atoms with E-state index in [-0.39, 0.29) is 34.1 Å². The van der Waals surface area contributed by atoms with E-state index in [0.717, 1.165) is 48.1 Å². The van der Waals surface area contributed by atoms with Crippen LogP contribution < -0.4 is 9.46 Å². The Morgan fingerprint density at radius 2 is 1.58 bits per heavy atom. The van der Waals surface area contributed by atoms with Crippen LogP contribution in [0.2, 0.25) is 0 Å². The number of pyridine rings is 2. The maximum absolute atomic E-state index is 13.3. The molecule has 38 heavy (non-hydrogen) atoms. The third-order valence-electron chi connectivity index (χ3n) is 7.02. The van der Waals surface area contributed by atoms with Crippen molar-refractivity contribution in [2.75, 3.05) is 0 Å². The monoisotopic (exact) mass is 535 g/mol. The second-order valence-corrected chi connectivity index (χ2v) is 11.8. The van der Waals surface area contributed by atoms with Gasteiger partial charge in [0.25, 0.3) is 15.9 Å². The highest BCUT2D eigenvalue weighted by atomic mass is 32.2. The molecule has 1 aliphatic rings. The van der Waals surface area contributed by atoms with E-state index in [1.54, 1.807) is 38.1 Å². The van der Waals surface area contributed by atoms with E-state index in [0.29, 0.717) is 11.4 Å². The summed E-state index contributed by atoms with van der Waals surface area (Å²) in [7, 11) is -4.21. The number of carbonyl (C=O) groups excluding carboxylic acids is 2. The summed E-state index contributed by atoms with van der Waals surface area (Å²) in [6.45, 7) is 9.12. The minimum absolute atomic E-state index is 0.00164. The summed E-state index contributed by atoms with van der Waals surface area (Å²) in [5.41, 5.74) is 4.09. The summed E-state index contributed by atoms with van der Waals surface area (Å²) < 4.78 is 34.2. The van der Waals surface area contributed by atoms with Crippen LogP contribution in [0, 0.1) is 33.6 Å². The Morgan fingerprint density at radius 3 is 2.18 bits per heavy atom. The minimum Gasteiger partial charge on any atom is -0.438 e. The fourth-order valence-corrected chi connectivity index (χ4v) is 6.03. The van der Waals surface area contributed by atoms with Crippen LogP contribution >= 0.6 is 0 Å². The van der Waals surface area contributed by atoms with Gasteiger partial charge in [-0.1, -0.05) is 23.8 Å². The number of amides is 1. The van der Waals surface area contributed by atoms with Crippen molar-refractivity contribution < 1.29 is 22.7 Å². The number of Topliss-reactive ketones (excluding diaryl/α,β-unsaturated/α-hetero) is 1. The predicted octanol–water partition coefficient (Wildman–Crippen LogP) is 5.48. The zero-order chi connectivity index (χ0) is 27.6. The van der Waals surface area contributed by atoms with Crippen molar-refractivity contribution in [2.45, 2.75) is 71.2 Å². The first-order chi connectivity index (χ1) is 17.9. The van der Waals surface area contributed by atoms with Crippen LogP contribution in [-0.4, -0.2) is 30.1 Å². The van der Waals surface area contributed by atoms with Crippen LogP contribution in [0.3, 0.4) is 0 Å². The van der Waals surface area contributed by atoms with Crippen molar-refractivity contribution >= 4 is 21.7 Å². The number of nitrogens with zero attached hydrogens (tertiary/aromatic N) is 2. The van der Waals surface area contributed by atoms with Crippen LogP contribution in [0.1, 0.15) is 77.0 Å². The second kappa shape index (κ2) is 11.0. The molecule has 3 aromatic rings. The first-order valence-corrected chi connectivity index (χ1v) is 14.2. The number of aryl methyl sites for hydroxylation is 4. The summed E-state index contributed by atoms with van der Waals surface area (Å²) >= 11 is 0. The molecule has 0 radical (unpaired) electrons. The first-order valence-electron chi connectivity index (χ1n) is 12.7. The molecular weight excluding hydrogens is 502 g/mol. The van der Waals surface area contributed by atoms with E-state index in [1.807, 2.05) is 32.9 Å². The van der Waals surface area contributed by atoms with E-state index in [2.05, 4.69) is 9.71 Å². The van der Waals surface area contributed by atoms with E-state index in [1.165, 1.54) is 6.07 Å². The highest BCUT2D eigenvalue weighted by Gasteiger charge is 2.28. The largest absolute Gasteiger partial charge is 0.438 e. The Kier molecular flexibility index (Phi) is 7.97. The lowest BCUT2D eigenvalue weighted by Gasteiger charge is -2.27. The van der Waals surface area contributed by atoms with Gasteiger partial charge in [-0.2, -0.15) is 8.42 Å². The number of aromatic nitrogens is 2. The summed E-state index contributed by atoms with van der Waals surface area (Å²) in [5, 5.41) is -0.245. The van der Waals surface area contributed by atoms with Crippen LogP contribution in [0.5, 0.6) is 11.6 Å². The number of hydrogen-bond donors (Lipinski definition) is 1. The lowest BCUT2D eigenvalue weighted by Crippen LogP contribution is -2.31. The average Bonchev–Trinajstić information content (AvgIpc) is 2.86. The zero-order valence-corrected chi connectivity index (χ0v) is 23.2. The highest BCUT2D eigenvalue weighted by Crippen LogP contribution is 2.38. The Hall–Kier alpha value is -3.59. The molecule has 0 spiro atoms. The van der Waals surface area contributed by atoms with Crippen LogP contribution in [0.4, 0.5) is 0 Å². The molecule has 1 aromatic carbocycles. The fraction of sp³-hybridized carbons (Fsp3) is 0.379. The van der Waals surface area contributed by atoms with Crippen molar-refractivity contribution in [3.8, 4) is 11.6 Å². The molecule has 2 heterocycles. The van der Waals surface area contributed by atoms with Crippen molar-refractivity contribution in [3.05, 3.63) is 76.1 Å². The molecule has 1 amide bonds. The minimum atomic E-state index is -4.21. The first kappa shape index (κ1) is 27.4. The van der Waals surface area contributed by atoms with E-state index in [9.17, 15) is 18.0 Å². The summed E-state index contributed by atoms with van der Waals surface area (Å²) in [4.78, 5) is 33.9. The zero-order valence-electron chi connectivity index (χ0n) is 22.4. The fourth-order valence-electron chi connectivity index (χ4n) is 5.05. The quantitative estimate of drug-likeness (QED) is 0.426. The molecule has 200 valence electrons. The molecule has 9 heteroatoms. The number of rotatable bonds is 7.